The van der Waals surface area contributed by atoms with E-state index in [0.29, 0.717) is 24.4 Å². The maximum absolute atomic E-state index is 11.7. The van der Waals surface area contributed by atoms with Crippen molar-refractivity contribution in [2.75, 3.05) is 11.9 Å². The van der Waals surface area contributed by atoms with Crippen molar-refractivity contribution in [1.82, 2.24) is 9.55 Å². The number of guanidine groups is 1. The molecule has 0 radical (unpaired) electrons. The number of anilines is 1. The molecule has 1 saturated heterocycles. The van der Waals surface area contributed by atoms with Crippen LogP contribution in [0.4, 0.5) is 11.5 Å². The highest BCUT2D eigenvalue weighted by Gasteiger charge is 2.48. The molecule has 0 saturated carbocycles. The third kappa shape index (κ3) is 6.73. The van der Waals surface area contributed by atoms with E-state index in [4.69, 9.17) is 19.3 Å². The Balaban J connectivity index is 1.66. The van der Waals surface area contributed by atoms with Crippen LogP contribution in [0.1, 0.15) is 65.4 Å². The van der Waals surface area contributed by atoms with E-state index >= 15 is 0 Å². The number of aliphatic imine (C=N–C) groups is 1. The van der Waals surface area contributed by atoms with Gasteiger partial charge in [0.15, 0.2) is 22.6 Å². The lowest BCUT2D eigenvalue weighted by Crippen LogP contribution is -2.48. The number of imidazole rings is 1. The molecule has 0 amide bonds. The maximum Gasteiger partial charge on any atom is 0.272 e. The van der Waals surface area contributed by atoms with E-state index in [1.165, 1.54) is 6.07 Å². The van der Waals surface area contributed by atoms with Crippen molar-refractivity contribution in [3.8, 4) is 0 Å². The second kappa shape index (κ2) is 11.4. The van der Waals surface area contributed by atoms with Gasteiger partial charge in [-0.1, -0.05) is 59.7 Å². The molecule has 12 nitrogen and oxygen atoms in total. The van der Waals surface area contributed by atoms with E-state index in [1.54, 1.807) is 29.1 Å². The fraction of sp³-hybridized carbons (Fsp3) is 0.655. The first kappa shape index (κ1) is 33.3. The van der Waals surface area contributed by atoms with E-state index in [9.17, 15) is 15.2 Å². The number of para-hydroxylation sites is 1. The summed E-state index contributed by atoms with van der Waals surface area (Å²) in [6, 6.07) is 6.25. The number of nitro groups is 1. The zero-order valence-corrected chi connectivity index (χ0v) is 29.1. The second-order valence-electron chi connectivity index (χ2n) is 14.7. The number of nitrogens with zero attached hydrogens (tertiary/aromatic N) is 4. The fourth-order valence-corrected chi connectivity index (χ4v) is 7.20. The second-order valence-corrected chi connectivity index (χ2v) is 24.3. The number of aliphatic hydroxyl groups is 1. The Hall–Kier alpha value is -2.63. The summed E-state index contributed by atoms with van der Waals surface area (Å²) in [6.07, 6.45) is 0.944. The number of aromatic nitrogens is 2. The summed E-state index contributed by atoms with van der Waals surface area (Å²) in [5.41, 5.74) is 4.66. The van der Waals surface area contributed by atoms with Gasteiger partial charge in [-0.3, -0.25) is 14.7 Å². The van der Waals surface area contributed by atoms with E-state index in [2.05, 4.69) is 83.0 Å². The molecule has 2 aliphatic heterocycles. The molecule has 0 aliphatic carbocycles. The molecule has 0 spiro atoms. The normalized spacial score (nSPS) is 24.8. The molecule has 1 aromatic carbocycles. The third-order valence-corrected chi connectivity index (χ3v) is 18.5. The van der Waals surface area contributed by atoms with Gasteiger partial charge in [-0.15, -0.1) is 0 Å². The number of nitro benzene ring substituents is 1. The van der Waals surface area contributed by atoms with E-state index in [1.807, 2.05) is 0 Å². The fourth-order valence-electron chi connectivity index (χ4n) is 4.83. The number of fused-ring (bicyclic) bond motifs is 1. The van der Waals surface area contributed by atoms with Gasteiger partial charge < -0.3 is 29.7 Å². The highest BCUT2D eigenvalue weighted by Crippen LogP contribution is 2.44. The predicted molar refractivity (Wildman–Crippen MR) is 172 cm³/mol. The van der Waals surface area contributed by atoms with Gasteiger partial charge >= 0.3 is 0 Å². The quantitative estimate of drug-likeness (QED) is 0.181. The average molecular weight is 633 g/mol. The number of hydrogen-bond acceptors (Lipinski definition) is 10. The minimum Gasteiger partial charge on any atom is -0.414 e. The molecule has 14 heteroatoms. The van der Waals surface area contributed by atoms with Gasteiger partial charge in [-0.2, -0.15) is 0 Å². The number of rotatable bonds is 9. The molecule has 1 aromatic heterocycles. The Morgan fingerprint density at radius 2 is 1.79 bits per heavy atom. The Morgan fingerprint density at radius 1 is 1.16 bits per heavy atom. The minimum atomic E-state index is -2.16. The van der Waals surface area contributed by atoms with Crippen LogP contribution >= 0.6 is 0 Å². The summed E-state index contributed by atoms with van der Waals surface area (Å²) >= 11 is 0. The highest BCUT2D eigenvalue weighted by atomic mass is 28.4. The Kier molecular flexibility index (Phi) is 8.81. The summed E-state index contributed by atoms with van der Waals surface area (Å²) in [5.74, 6) is 0.399. The SMILES string of the molecule is CC(C)(C)[Si](C)(C)OC[C@H]1O[C@@H](n2cnc3c2NC(N)=NC3(O)Cc2ccccc2[N+](=O)[O-])C[C@@H]1O[Si](C)(C)C(C)(C)C. The summed E-state index contributed by atoms with van der Waals surface area (Å²) in [7, 11) is -4.21. The van der Waals surface area contributed by atoms with E-state index in [0.717, 1.165) is 0 Å². The van der Waals surface area contributed by atoms with Gasteiger partial charge in [0.2, 0.25) is 5.72 Å². The molecular formula is C29H48N6O6Si2. The summed E-state index contributed by atoms with van der Waals surface area (Å²) < 4.78 is 22.0. The smallest absolute Gasteiger partial charge is 0.272 e. The number of nitrogens with two attached hydrogens (primary N) is 1. The standard InChI is InChI=1S/C29H48N6O6Si2/c1-27(2,3)42(7,8)39-17-22-21(41-43(9,10)28(4,5)6)15-23(40-22)34-18-31-24-25(34)32-26(30)33-29(24,36)16-19-13-11-12-14-20(19)35(37)38/h11-14,18,21-23,36H,15-17H2,1-10H3,(H3,30,32,33)/t21-,22+,23+,29?/m0/s1. The molecule has 4 atom stereocenters. The van der Waals surface area contributed by atoms with Gasteiger partial charge in [0.1, 0.15) is 23.8 Å². The van der Waals surface area contributed by atoms with Gasteiger partial charge in [-0.05, 0) is 36.3 Å². The van der Waals surface area contributed by atoms with Crippen LogP contribution in [0.15, 0.2) is 35.6 Å². The predicted octanol–water partition coefficient (Wildman–Crippen LogP) is 5.62. The van der Waals surface area contributed by atoms with Crippen LogP contribution in [0.25, 0.3) is 0 Å². The molecule has 4 rings (SSSR count). The van der Waals surface area contributed by atoms with Crippen molar-refractivity contribution in [2.45, 2.75) is 115 Å². The highest BCUT2D eigenvalue weighted by molar-refractivity contribution is 6.74. The topological polar surface area (TPSA) is 159 Å². The lowest BCUT2D eigenvalue weighted by atomic mass is 9.97. The van der Waals surface area contributed by atoms with Crippen molar-refractivity contribution in [3.63, 3.8) is 0 Å². The first-order valence-electron chi connectivity index (χ1n) is 14.8. The molecule has 1 fully saturated rings. The first-order chi connectivity index (χ1) is 19.7. The molecule has 43 heavy (non-hydrogen) atoms. The van der Waals surface area contributed by atoms with Crippen LogP contribution < -0.4 is 11.1 Å². The van der Waals surface area contributed by atoms with Crippen molar-refractivity contribution < 1.29 is 23.6 Å². The van der Waals surface area contributed by atoms with Crippen LogP contribution in [0.3, 0.4) is 0 Å². The van der Waals surface area contributed by atoms with Crippen LogP contribution in [0.2, 0.25) is 36.3 Å². The summed E-state index contributed by atoms with van der Waals surface area (Å²) in [4.78, 5) is 19.9. The molecule has 2 aliphatic rings. The van der Waals surface area contributed by atoms with E-state index in [-0.39, 0.29) is 46.0 Å². The van der Waals surface area contributed by atoms with Crippen LogP contribution in [-0.4, -0.2) is 61.0 Å². The lowest BCUT2D eigenvalue weighted by Gasteiger charge is -2.40. The molecule has 2 aromatic rings. The lowest BCUT2D eigenvalue weighted by molar-refractivity contribution is -0.385. The monoisotopic (exact) mass is 632 g/mol. The number of hydrogen-bond donors (Lipinski definition) is 3. The molecular weight excluding hydrogens is 585 g/mol. The zero-order valence-electron chi connectivity index (χ0n) is 27.1. The zero-order chi connectivity index (χ0) is 32.2. The maximum atomic E-state index is 11.7. The van der Waals surface area contributed by atoms with Crippen molar-refractivity contribution in [1.29, 1.82) is 0 Å². The molecule has 238 valence electrons. The van der Waals surface area contributed by atoms with Gasteiger partial charge in [0, 0.05) is 24.5 Å². The molecule has 3 heterocycles. The number of ether oxygens (including phenoxy) is 1. The van der Waals surface area contributed by atoms with Gasteiger partial charge in [0.25, 0.3) is 5.69 Å². The Labute approximate surface area is 256 Å². The van der Waals surface area contributed by atoms with Crippen molar-refractivity contribution >= 4 is 34.1 Å². The third-order valence-electron chi connectivity index (χ3n) is 9.51. The summed E-state index contributed by atoms with van der Waals surface area (Å²) in [5, 5.41) is 26.5. The Morgan fingerprint density at radius 3 is 2.40 bits per heavy atom. The number of benzene rings is 1. The minimum absolute atomic E-state index is 0.00705. The van der Waals surface area contributed by atoms with Crippen LogP contribution in [0.5, 0.6) is 0 Å². The molecule has 0 bridgehead atoms. The van der Waals surface area contributed by atoms with Crippen LogP contribution in [0, 0.1) is 10.1 Å². The van der Waals surface area contributed by atoms with Gasteiger partial charge in [0.05, 0.1) is 24.0 Å². The van der Waals surface area contributed by atoms with Gasteiger partial charge in [-0.25, -0.2) is 9.98 Å². The van der Waals surface area contributed by atoms with E-state index < -0.39 is 33.5 Å². The number of nitrogens with one attached hydrogen (secondary N) is 1. The van der Waals surface area contributed by atoms with Crippen molar-refractivity contribution in [2.24, 2.45) is 10.7 Å². The Bertz CT molecular complexity index is 1380. The van der Waals surface area contributed by atoms with Crippen molar-refractivity contribution in [3.05, 3.63) is 52.0 Å². The molecule has 4 N–H and O–H groups in total. The average Bonchev–Trinajstić information content (AvgIpc) is 3.45. The molecule has 1 unspecified atom stereocenters. The largest absolute Gasteiger partial charge is 0.414 e. The summed E-state index contributed by atoms with van der Waals surface area (Å²) in [6.45, 7) is 22.6. The first-order valence-corrected chi connectivity index (χ1v) is 20.6. The van der Waals surface area contributed by atoms with Crippen LogP contribution in [-0.2, 0) is 25.7 Å².